The van der Waals surface area contributed by atoms with Crippen LogP contribution in [0.5, 0.6) is 0 Å². The largest absolute Gasteiger partial charge is 0.384 e. The molecule has 1 aromatic carbocycles. The minimum Gasteiger partial charge on any atom is -0.384 e. The van der Waals surface area contributed by atoms with Gasteiger partial charge >= 0.3 is 0 Å². The molecule has 0 unspecified atom stereocenters. The number of unbranched alkanes of at least 4 members (excludes halogenated alkanes) is 1. The lowest BCUT2D eigenvalue weighted by molar-refractivity contribution is 0.350. The van der Waals surface area contributed by atoms with Crippen LogP contribution in [0.1, 0.15) is 18.4 Å². The highest BCUT2D eigenvalue weighted by molar-refractivity contribution is 7.98. The van der Waals surface area contributed by atoms with Gasteiger partial charge in [-0.1, -0.05) is 17.9 Å². The molecule has 0 heterocycles. The zero-order chi connectivity index (χ0) is 14.8. The van der Waals surface area contributed by atoms with Gasteiger partial charge in [0.2, 0.25) is 10.0 Å². The number of sulfonamides is 1. The molecule has 4 nitrogen and oxygen atoms in total. The minimum atomic E-state index is -3.48. The third kappa shape index (κ3) is 5.97. The van der Waals surface area contributed by atoms with E-state index in [2.05, 4.69) is 16.6 Å². The van der Waals surface area contributed by atoms with E-state index in [0.29, 0.717) is 12.1 Å². The Morgan fingerprint density at radius 1 is 1.35 bits per heavy atom. The first-order valence-electron chi connectivity index (χ1n) is 6.28. The van der Waals surface area contributed by atoms with Crippen molar-refractivity contribution < 1.29 is 13.5 Å². The molecule has 0 atom stereocenters. The number of rotatable bonds is 7. The van der Waals surface area contributed by atoms with E-state index in [1.165, 1.54) is 12.1 Å². The first-order valence-corrected chi connectivity index (χ1v) is 9.16. The Labute approximate surface area is 125 Å². The van der Waals surface area contributed by atoms with Crippen LogP contribution in [-0.4, -0.2) is 38.7 Å². The maximum atomic E-state index is 12.1. The van der Waals surface area contributed by atoms with Crippen LogP contribution in [0.15, 0.2) is 29.2 Å². The van der Waals surface area contributed by atoms with Crippen LogP contribution in [0.4, 0.5) is 0 Å². The molecule has 0 aromatic heterocycles. The number of aliphatic hydroxyl groups excluding tert-OH is 1. The Bertz CT molecular complexity index is 574. The van der Waals surface area contributed by atoms with Crippen LogP contribution in [0.2, 0.25) is 0 Å². The third-order valence-corrected chi connectivity index (χ3v) is 4.68. The number of nitrogens with one attached hydrogen (secondary N) is 1. The van der Waals surface area contributed by atoms with Gasteiger partial charge in [-0.15, -0.1) is 0 Å². The van der Waals surface area contributed by atoms with Crippen molar-refractivity contribution in [2.24, 2.45) is 0 Å². The second kappa shape index (κ2) is 9.03. The SMILES string of the molecule is CSCCCCNS(=O)(=O)c1cccc(C#CCO)c1. The molecule has 0 aliphatic carbocycles. The number of hydrogen-bond donors (Lipinski definition) is 2. The van der Waals surface area contributed by atoms with Crippen molar-refractivity contribution in [2.75, 3.05) is 25.2 Å². The molecule has 0 amide bonds. The van der Waals surface area contributed by atoms with Crippen LogP contribution in [0.25, 0.3) is 0 Å². The van der Waals surface area contributed by atoms with Crippen molar-refractivity contribution in [1.29, 1.82) is 0 Å². The summed E-state index contributed by atoms with van der Waals surface area (Å²) in [6.07, 6.45) is 3.85. The molecule has 110 valence electrons. The molecule has 0 spiro atoms. The maximum Gasteiger partial charge on any atom is 0.240 e. The molecule has 0 saturated carbocycles. The van der Waals surface area contributed by atoms with E-state index in [4.69, 9.17) is 5.11 Å². The Hall–Kier alpha value is -1.00. The number of thioether (sulfide) groups is 1. The van der Waals surface area contributed by atoms with E-state index in [0.717, 1.165) is 18.6 Å². The topological polar surface area (TPSA) is 66.4 Å². The third-order valence-electron chi connectivity index (χ3n) is 2.52. The molecule has 0 bridgehead atoms. The summed E-state index contributed by atoms with van der Waals surface area (Å²) in [5.74, 6) is 6.23. The van der Waals surface area contributed by atoms with Gasteiger partial charge in [-0.25, -0.2) is 13.1 Å². The van der Waals surface area contributed by atoms with Gasteiger partial charge < -0.3 is 5.11 Å². The second-order valence-corrected chi connectivity index (χ2v) is 6.84. The Kier molecular flexibility index (Phi) is 7.70. The highest BCUT2D eigenvalue weighted by Crippen LogP contribution is 2.11. The normalized spacial score (nSPS) is 10.9. The predicted octanol–water partition coefficient (Wildman–Crippen LogP) is 1.45. The van der Waals surface area contributed by atoms with Crippen molar-refractivity contribution in [3.05, 3.63) is 29.8 Å². The Balaban J connectivity index is 2.67. The summed E-state index contributed by atoms with van der Waals surface area (Å²) in [7, 11) is -3.48. The summed E-state index contributed by atoms with van der Waals surface area (Å²) in [6, 6.07) is 6.39. The Morgan fingerprint density at radius 3 is 2.85 bits per heavy atom. The van der Waals surface area contributed by atoms with Gasteiger partial charge in [-0.3, -0.25) is 0 Å². The molecular weight excluding hydrogens is 294 g/mol. The van der Waals surface area contributed by atoms with Crippen LogP contribution in [-0.2, 0) is 10.0 Å². The monoisotopic (exact) mass is 313 g/mol. The lowest BCUT2D eigenvalue weighted by atomic mass is 10.2. The van der Waals surface area contributed by atoms with Crippen LogP contribution in [0.3, 0.4) is 0 Å². The summed E-state index contributed by atoms with van der Waals surface area (Å²) in [4.78, 5) is 0.201. The van der Waals surface area contributed by atoms with Crippen LogP contribution >= 0.6 is 11.8 Å². The molecule has 0 radical (unpaired) electrons. The van der Waals surface area contributed by atoms with Crippen molar-refractivity contribution >= 4 is 21.8 Å². The molecule has 1 rings (SSSR count). The molecule has 2 N–H and O–H groups in total. The Morgan fingerprint density at radius 2 is 2.15 bits per heavy atom. The smallest absolute Gasteiger partial charge is 0.240 e. The molecular formula is C14H19NO3S2. The zero-order valence-corrected chi connectivity index (χ0v) is 13.1. The van der Waals surface area contributed by atoms with Crippen molar-refractivity contribution in [3.63, 3.8) is 0 Å². The van der Waals surface area contributed by atoms with Gasteiger partial charge in [0.25, 0.3) is 0 Å². The highest BCUT2D eigenvalue weighted by Gasteiger charge is 2.13. The van der Waals surface area contributed by atoms with Gasteiger partial charge in [0.1, 0.15) is 6.61 Å². The van der Waals surface area contributed by atoms with Gasteiger partial charge in [0.05, 0.1) is 4.90 Å². The number of hydrogen-bond acceptors (Lipinski definition) is 4. The fourth-order valence-electron chi connectivity index (χ4n) is 1.54. The predicted molar refractivity (Wildman–Crippen MR) is 83.2 cm³/mol. The molecule has 0 saturated heterocycles. The van der Waals surface area contributed by atoms with E-state index in [1.54, 1.807) is 23.9 Å². The molecule has 0 fully saturated rings. The lowest BCUT2D eigenvalue weighted by Gasteiger charge is -2.06. The molecule has 20 heavy (non-hydrogen) atoms. The average Bonchev–Trinajstić information content (AvgIpc) is 2.45. The summed E-state index contributed by atoms with van der Waals surface area (Å²) in [5.41, 5.74) is 0.573. The van der Waals surface area contributed by atoms with E-state index < -0.39 is 10.0 Å². The van der Waals surface area contributed by atoms with Gasteiger partial charge in [0, 0.05) is 12.1 Å². The summed E-state index contributed by atoms with van der Waals surface area (Å²) in [5, 5.41) is 8.64. The van der Waals surface area contributed by atoms with Gasteiger partial charge in [-0.05, 0) is 43.0 Å². The van der Waals surface area contributed by atoms with E-state index in [-0.39, 0.29) is 11.5 Å². The van der Waals surface area contributed by atoms with Gasteiger partial charge in [0.15, 0.2) is 0 Å². The van der Waals surface area contributed by atoms with E-state index >= 15 is 0 Å². The first-order chi connectivity index (χ1) is 9.60. The van der Waals surface area contributed by atoms with E-state index in [9.17, 15) is 8.42 Å². The first kappa shape index (κ1) is 17.1. The molecule has 0 aliphatic heterocycles. The number of aliphatic hydroxyl groups is 1. The van der Waals surface area contributed by atoms with Crippen LogP contribution < -0.4 is 4.72 Å². The van der Waals surface area contributed by atoms with E-state index in [1.807, 2.05) is 6.26 Å². The second-order valence-electron chi connectivity index (χ2n) is 4.09. The minimum absolute atomic E-state index is 0.201. The molecule has 6 heteroatoms. The standard InChI is InChI=1S/C14H19NO3S2/c1-19-11-3-2-9-15-20(17,18)14-8-4-6-13(12-14)7-5-10-16/h4,6,8,12,15-16H,2-3,9-11H2,1H3. The molecule has 0 aliphatic rings. The van der Waals surface area contributed by atoms with Crippen molar-refractivity contribution in [2.45, 2.75) is 17.7 Å². The molecule has 1 aromatic rings. The number of benzene rings is 1. The van der Waals surface area contributed by atoms with Crippen molar-refractivity contribution in [3.8, 4) is 11.8 Å². The summed E-state index contributed by atoms with van der Waals surface area (Å²) < 4.78 is 26.7. The van der Waals surface area contributed by atoms with Crippen molar-refractivity contribution in [1.82, 2.24) is 4.72 Å². The average molecular weight is 313 g/mol. The zero-order valence-electron chi connectivity index (χ0n) is 11.4. The highest BCUT2D eigenvalue weighted by atomic mass is 32.2. The summed E-state index contributed by atoms with van der Waals surface area (Å²) >= 11 is 1.75. The fourth-order valence-corrected chi connectivity index (χ4v) is 3.16. The fraction of sp³-hybridized carbons (Fsp3) is 0.429. The maximum absolute atomic E-state index is 12.1. The lowest BCUT2D eigenvalue weighted by Crippen LogP contribution is -2.24. The quantitative estimate of drug-likeness (QED) is 0.591. The summed E-state index contributed by atoms with van der Waals surface area (Å²) in [6.45, 7) is 0.195. The van der Waals surface area contributed by atoms with Crippen LogP contribution in [0, 0.1) is 11.8 Å². The van der Waals surface area contributed by atoms with Gasteiger partial charge in [-0.2, -0.15) is 11.8 Å².